The van der Waals surface area contributed by atoms with Crippen LogP contribution in [0.2, 0.25) is 0 Å². The molecule has 2 aromatic heterocycles. The van der Waals surface area contributed by atoms with E-state index in [0.717, 1.165) is 22.0 Å². The zero-order valence-corrected chi connectivity index (χ0v) is 21.5. The summed E-state index contributed by atoms with van der Waals surface area (Å²) in [5, 5.41) is 15.4. The maximum absolute atomic E-state index is 13.3. The van der Waals surface area contributed by atoms with Gasteiger partial charge in [0, 0.05) is 23.0 Å². The highest BCUT2D eigenvalue weighted by molar-refractivity contribution is 6.08. The fraction of sp³-hybridized carbons (Fsp3) is 0.179. The summed E-state index contributed by atoms with van der Waals surface area (Å²) in [6, 6.07) is 16.4. The first kappa shape index (κ1) is 24.7. The Hall–Kier alpha value is -4.99. The van der Waals surface area contributed by atoms with Crippen LogP contribution in [-0.2, 0) is 5.41 Å². The highest BCUT2D eigenvalue weighted by atomic mass is 16.5. The second kappa shape index (κ2) is 10.2. The fourth-order valence-electron chi connectivity index (χ4n) is 4.07. The standard InChI is InChI=1S/C28H27N7O3/c1-28(2,3)18-13-22(26(37-4)23(14-18)35-16-31-32-17-35)34-27(36)33-21-9-10-24(20-8-6-5-7-19(20)21)38-25-11-12-29-15-30-25/h5-17H,1-4H3,(H2,33,34,36). The van der Waals surface area contributed by atoms with Crippen molar-refractivity contribution in [2.75, 3.05) is 17.7 Å². The lowest BCUT2D eigenvalue weighted by molar-refractivity contribution is 0.262. The number of amides is 2. The zero-order valence-electron chi connectivity index (χ0n) is 21.5. The lowest BCUT2D eigenvalue weighted by atomic mass is 9.86. The van der Waals surface area contributed by atoms with Gasteiger partial charge in [0.25, 0.3) is 0 Å². The maximum Gasteiger partial charge on any atom is 0.323 e. The second-order valence-corrected chi connectivity index (χ2v) is 9.58. The Morgan fingerprint density at radius 2 is 1.66 bits per heavy atom. The van der Waals surface area contributed by atoms with Gasteiger partial charge in [0.15, 0.2) is 5.75 Å². The second-order valence-electron chi connectivity index (χ2n) is 9.58. The van der Waals surface area contributed by atoms with Crippen molar-refractivity contribution in [1.82, 2.24) is 24.7 Å². The van der Waals surface area contributed by atoms with Crippen LogP contribution in [-0.4, -0.2) is 37.9 Å². The van der Waals surface area contributed by atoms with E-state index < -0.39 is 6.03 Å². The van der Waals surface area contributed by atoms with Crippen LogP contribution < -0.4 is 20.1 Å². The monoisotopic (exact) mass is 509 g/mol. The van der Waals surface area contributed by atoms with Crippen molar-refractivity contribution in [2.45, 2.75) is 26.2 Å². The van der Waals surface area contributed by atoms with Gasteiger partial charge in [-0.25, -0.2) is 14.8 Å². The van der Waals surface area contributed by atoms with Crippen molar-refractivity contribution in [3.8, 4) is 23.1 Å². The van der Waals surface area contributed by atoms with Crippen LogP contribution in [0.5, 0.6) is 17.4 Å². The summed E-state index contributed by atoms with van der Waals surface area (Å²) in [6.45, 7) is 6.31. The number of ether oxygens (including phenoxy) is 2. The third-order valence-electron chi connectivity index (χ3n) is 5.99. The van der Waals surface area contributed by atoms with Gasteiger partial charge in [-0.2, -0.15) is 0 Å². The van der Waals surface area contributed by atoms with Crippen LogP contribution in [0.25, 0.3) is 16.5 Å². The molecule has 192 valence electrons. The Morgan fingerprint density at radius 1 is 0.921 bits per heavy atom. The summed E-state index contributed by atoms with van der Waals surface area (Å²) in [6.07, 6.45) is 6.22. The molecule has 0 aliphatic heterocycles. The van der Waals surface area contributed by atoms with E-state index in [0.29, 0.717) is 28.8 Å². The highest BCUT2D eigenvalue weighted by Gasteiger charge is 2.22. The molecule has 0 fully saturated rings. The normalized spacial score (nSPS) is 11.3. The van der Waals surface area contributed by atoms with Crippen LogP contribution in [0.4, 0.5) is 16.2 Å². The average Bonchev–Trinajstić information content (AvgIpc) is 3.45. The molecule has 0 saturated carbocycles. The van der Waals surface area contributed by atoms with Crippen molar-refractivity contribution in [3.63, 3.8) is 0 Å². The molecule has 2 heterocycles. The number of anilines is 2. The largest absolute Gasteiger partial charge is 0.492 e. The quantitative estimate of drug-likeness (QED) is 0.290. The molecular weight excluding hydrogens is 482 g/mol. The SMILES string of the molecule is COc1c(NC(=O)Nc2ccc(Oc3ccncn3)c3ccccc23)cc(C(C)(C)C)cc1-n1cnnc1. The van der Waals surface area contributed by atoms with Crippen molar-refractivity contribution < 1.29 is 14.3 Å². The summed E-state index contributed by atoms with van der Waals surface area (Å²) >= 11 is 0. The molecule has 0 atom stereocenters. The Bertz CT molecular complexity index is 1580. The number of carbonyl (C=O) groups excluding carboxylic acids is 1. The van der Waals surface area contributed by atoms with Crippen LogP contribution in [0.15, 0.2) is 79.8 Å². The first-order valence-electron chi connectivity index (χ1n) is 11.9. The number of rotatable bonds is 6. The maximum atomic E-state index is 13.3. The van der Waals surface area contributed by atoms with Gasteiger partial charge in [0.05, 0.1) is 24.2 Å². The molecule has 10 heteroatoms. The summed E-state index contributed by atoms with van der Waals surface area (Å²) in [5.41, 5.74) is 2.69. The summed E-state index contributed by atoms with van der Waals surface area (Å²) in [7, 11) is 1.56. The Kier molecular flexibility index (Phi) is 6.61. The number of fused-ring (bicyclic) bond motifs is 1. The van der Waals surface area contributed by atoms with Gasteiger partial charge in [0.2, 0.25) is 5.88 Å². The Balaban J connectivity index is 1.47. The van der Waals surface area contributed by atoms with Crippen LogP contribution in [0.3, 0.4) is 0 Å². The van der Waals surface area contributed by atoms with E-state index in [-0.39, 0.29) is 5.41 Å². The van der Waals surface area contributed by atoms with E-state index in [1.165, 1.54) is 6.33 Å². The Morgan fingerprint density at radius 3 is 2.34 bits per heavy atom. The van der Waals surface area contributed by atoms with Crippen molar-refractivity contribution in [2.24, 2.45) is 0 Å². The molecular formula is C28H27N7O3. The molecule has 3 aromatic carbocycles. The van der Waals surface area contributed by atoms with Gasteiger partial charge in [-0.1, -0.05) is 45.0 Å². The topological polar surface area (TPSA) is 116 Å². The van der Waals surface area contributed by atoms with Crippen LogP contribution >= 0.6 is 0 Å². The van der Waals surface area contributed by atoms with Gasteiger partial charge < -0.3 is 20.1 Å². The molecule has 0 aliphatic carbocycles. The summed E-state index contributed by atoms with van der Waals surface area (Å²) in [4.78, 5) is 21.3. The van der Waals surface area contributed by atoms with E-state index in [1.807, 2.05) is 36.4 Å². The number of nitrogens with one attached hydrogen (secondary N) is 2. The van der Waals surface area contributed by atoms with Gasteiger partial charge in [-0.15, -0.1) is 10.2 Å². The first-order chi connectivity index (χ1) is 18.3. The molecule has 38 heavy (non-hydrogen) atoms. The molecule has 0 saturated heterocycles. The molecule has 0 bridgehead atoms. The molecule has 5 rings (SSSR count). The van der Waals surface area contributed by atoms with Gasteiger partial charge in [0.1, 0.15) is 24.7 Å². The van der Waals surface area contributed by atoms with Gasteiger partial charge >= 0.3 is 6.03 Å². The van der Waals surface area contributed by atoms with Crippen LogP contribution in [0.1, 0.15) is 26.3 Å². The molecule has 0 unspecified atom stereocenters. The highest BCUT2D eigenvalue weighted by Crippen LogP contribution is 2.38. The predicted molar refractivity (Wildman–Crippen MR) is 145 cm³/mol. The number of hydrogen-bond acceptors (Lipinski definition) is 7. The molecule has 5 aromatic rings. The minimum Gasteiger partial charge on any atom is -0.492 e. The lowest BCUT2D eigenvalue weighted by Crippen LogP contribution is -2.21. The number of nitrogens with zero attached hydrogens (tertiary/aromatic N) is 5. The first-order valence-corrected chi connectivity index (χ1v) is 11.9. The average molecular weight is 510 g/mol. The molecule has 10 nitrogen and oxygen atoms in total. The minimum absolute atomic E-state index is 0.183. The van der Waals surface area contributed by atoms with E-state index in [1.54, 1.807) is 48.7 Å². The van der Waals surface area contributed by atoms with Crippen molar-refractivity contribution >= 4 is 28.2 Å². The zero-order chi connectivity index (χ0) is 26.7. The van der Waals surface area contributed by atoms with Crippen molar-refractivity contribution in [1.29, 1.82) is 0 Å². The number of methoxy groups -OCH3 is 1. The molecule has 0 radical (unpaired) electrons. The molecule has 2 N–H and O–H groups in total. The van der Waals surface area contributed by atoms with Gasteiger partial charge in [-0.05, 0) is 35.2 Å². The number of carbonyl (C=O) groups is 1. The lowest BCUT2D eigenvalue weighted by Gasteiger charge is -2.24. The van der Waals surface area contributed by atoms with E-state index in [2.05, 4.69) is 51.6 Å². The Labute approximate surface area is 219 Å². The smallest absolute Gasteiger partial charge is 0.323 e. The summed E-state index contributed by atoms with van der Waals surface area (Å²) in [5.74, 6) is 1.54. The van der Waals surface area contributed by atoms with E-state index in [9.17, 15) is 4.79 Å². The molecule has 2 amide bonds. The number of urea groups is 1. The van der Waals surface area contributed by atoms with E-state index >= 15 is 0 Å². The minimum atomic E-state index is -0.418. The summed E-state index contributed by atoms with van der Waals surface area (Å²) < 4.78 is 13.4. The van der Waals surface area contributed by atoms with Crippen molar-refractivity contribution in [3.05, 3.63) is 85.3 Å². The third kappa shape index (κ3) is 5.10. The number of hydrogen-bond donors (Lipinski definition) is 2. The molecule has 0 aliphatic rings. The fourth-order valence-corrected chi connectivity index (χ4v) is 4.07. The number of benzene rings is 3. The molecule has 0 spiro atoms. The van der Waals surface area contributed by atoms with Crippen LogP contribution in [0, 0.1) is 0 Å². The van der Waals surface area contributed by atoms with E-state index in [4.69, 9.17) is 9.47 Å². The third-order valence-corrected chi connectivity index (χ3v) is 5.99. The number of aromatic nitrogens is 5. The van der Waals surface area contributed by atoms with Gasteiger partial charge in [-0.3, -0.25) is 4.57 Å². The predicted octanol–water partition coefficient (Wildman–Crippen LogP) is 5.95.